The van der Waals surface area contributed by atoms with E-state index in [0.717, 1.165) is 12.8 Å². The SMILES string of the molecule is COc1cccc(OC)c1OCC(O)CNC(=O)c1cccc(S(=O)(=O)NC2CC2)c1. The van der Waals surface area contributed by atoms with Gasteiger partial charge in [-0.25, -0.2) is 13.1 Å². The molecule has 1 saturated carbocycles. The van der Waals surface area contributed by atoms with Crippen molar-refractivity contribution >= 4 is 15.9 Å². The van der Waals surface area contributed by atoms with Crippen molar-refractivity contribution in [1.82, 2.24) is 10.0 Å². The number of methoxy groups -OCH3 is 2. The zero-order valence-corrected chi connectivity index (χ0v) is 18.1. The van der Waals surface area contributed by atoms with E-state index in [0.29, 0.717) is 17.2 Å². The van der Waals surface area contributed by atoms with Gasteiger partial charge in [-0.2, -0.15) is 0 Å². The van der Waals surface area contributed by atoms with E-state index in [2.05, 4.69) is 10.0 Å². The van der Waals surface area contributed by atoms with Gasteiger partial charge >= 0.3 is 0 Å². The highest BCUT2D eigenvalue weighted by atomic mass is 32.2. The molecule has 1 aliphatic rings. The van der Waals surface area contributed by atoms with Crippen molar-refractivity contribution in [3.63, 3.8) is 0 Å². The Bertz CT molecular complexity index is 1000. The molecule has 1 amide bonds. The molecule has 0 aromatic heterocycles. The number of para-hydroxylation sites is 1. The van der Waals surface area contributed by atoms with Crippen LogP contribution in [0.1, 0.15) is 23.2 Å². The van der Waals surface area contributed by atoms with E-state index < -0.39 is 22.0 Å². The second-order valence-corrected chi connectivity index (χ2v) is 8.80. The molecule has 0 aliphatic heterocycles. The average molecular weight is 451 g/mol. The molecule has 2 aromatic rings. The predicted octanol–water partition coefficient (Wildman–Crippen LogP) is 1.31. The monoisotopic (exact) mass is 450 g/mol. The number of carbonyl (C=O) groups excluding carboxylic acids is 1. The summed E-state index contributed by atoms with van der Waals surface area (Å²) in [6.45, 7) is -0.204. The Hall–Kier alpha value is -2.82. The lowest BCUT2D eigenvalue weighted by Crippen LogP contribution is -2.35. The highest BCUT2D eigenvalue weighted by molar-refractivity contribution is 7.89. The molecule has 2 aromatic carbocycles. The van der Waals surface area contributed by atoms with Crippen molar-refractivity contribution in [2.45, 2.75) is 29.9 Å². The Morgan fingerprint density at radius 2 is 1.77 bits per heavy atom. The lowest BCUT2D eigenvalue weighted by Gasteiger charge is -2.17. The number of nitrogens with one attached hydrogen (secondary N) is 2. The van der Waals surface area contributed by atoms with Crippen LogP contribution in [-0.4, -0.2) is 58.9 Å². The topological polar surface area (TPSA) is 123 Å². The summed E-state index contributed by atoms with van der Waals surface area (Å²) in [7, 11) is -0.674. The number of aliphatic hydroxyl groups is 1. The molecular weight excluding hydrogens is 424 g/mol. The Labute approximate surface area is 181 Å². The van der Waals surface area contributed by atoms with Crippen molar-refractivity contribution in [2.24, 2.45) is 0 Å². The number of hydrogen-bond donors (Lipinski definition) is 3. The molecular formula is C21H26N2O7S. The second kappa shape index (κ2) is 9.99. The molecule has 0 bridgehead atoms. The summed E-state index contributed by atoms with van der Waals surface area (Å²) in [5.41, 5.74) is 0.179. The van der Waals surface area contributed by atoms with Crippen molar-refractivity contribution in [3.8, 4) is 17.2 Å². The average Bonchev–Trinajstić information content (AvgIpc) is 3.59. The van der Waals surface area contributed by atoms with Gasteiger partial charge in [0, 0.05) is 18.2 Å². The summed E-state index contributed by atoms with van der Waals surface area (Å²) in [4.78, 5) is 12.4. The van der Waals surface area contributed by atoms with E-state index in [9.17, 15) is 18.3 Å². The highest BCUT2D eigenvalue weighted by Crippen LogP contribution is 2.36. The number of hydrogen-bond acceptors (Lipinski definition) is 7. The lowest BCUT2D eigenvalue weighted by atomic mass is 10.2. The first-order valence-corrected chi connectivity index (χ1v) is 11.2. The number of amides is 1. The van der Waals surface area contributed by atoms with Gasteiger partial charge in [0.15, 0.2) is 11.5 Å². The number of benzene rings is 2. The maximum Gasteiger partial charge on any atom is 0.251 e. The fourth-order valence-electron chi connectivity index (χ4n) is 2.80. The first-order chi connectivity index (χ1) is 14.8. The molecule has 1 fully saturated rings. The molecule has 168 valence electrons. The van der Waals surface area contributed by atoms with Crippen LogP contribution in [0.3, 0.4) is 0 Å². The van der Waals surface area contributed by atoms with Gasteiger partial charge in [-0.1, -0.05) is 12.1 Å². The van der Waals surface area contributed by atoms with Gasteiger partial charge in [-0.15, -0.1) is 0 Å². The quantitative estimate of drug-likeness (QED) is 0.472. The number of aliphatic hydroxyl groups excluding tert-OH is 1. The Morgan fingerprint density at radius 3 is 2.39 bits per heavy atom. The zero-order valence-electron chi connectivity index (χ0n) is 17.3. The van der Waals surface area contributed by atoms with Crippen LogP contribution in [0.25, 0.3) is 0 Å². The molecule has 3 N–H and O–H groups in total. The third-order valence-electron chi connectivity index (χ3n) is 4.61. The number of ether oxygens (including phenoxy) is 3. The van der Waals surface area contributed by atoms with E-state index >= 15 is 0 Å². The first kappa shape index (κ1) is 22.9. The van der Waals surface area contributed by atoms with Crippen LogP contribution in [0.15, 0.2) is 47.4 Å². The normalized spacial score (nSPS) is 14.5. The molecule has 3 rings (SSSR count). The number of rotatable bonds is 11. The first-order valence-electron chi connectivity index (χ1n) is 9.76. The minimum Gasteiger partial charge on any atom is -0.493 e. The molecule has 1 aliphatic carbocycles. The van der Waals surface area contributed by atoms with Crippen molar-refractivity contribution in [2.75, 3.05) is 27.4 Å². The Morgan fingerprint density at radius 1 is 1.13 bits per heavy atom. The number of sulfonamides is 1. The van der Waals surface area contributed by atoms with E-state index in [-0.39, 0.29) is 29.7 Å². The van der Waals surface area contributed by atoms with Crippen molar-refractivity contribution < 1.29 is 32.5 Å². The molecule has 9 nitrogen and oxygen atoms in total. The molecule has 0 heterocycles. The largest absolute Gasteiger partial charge is 0.493 e. The molecule has 0 saturated heterocycles. The van der Waals surface area contributed by atoms with E-state index in [1.807, 2.05) is 0 Å². The molecule has 0 spiro atoms. The fraction of sp³-hybridized carbons (Fsp3) is 0.381. The van der Waals surface area contributed by atoms with Crippen LogP contribution < -0.4 is 24.2 Å². The summed E-state index contributed by atoms with van der Waals surface area (Å²) in [6, 6.07) is 10.9. The van der Waals surface area contributed by atoms with Crippen molar-refractivity contribution in [1.29, 1.82) is 0 Å². The van der Waals surface area contributed by atoms with Gasteiger partial charge in [0.2, 0.25) is 15.8 Å². The van der Waals surface area contributed by atoms with Crippen LogP contribution >= 0.6 is 0 Å². The van der Waals surface area contributed by atoms with E-state index in [1.54, 1.807) is 18.2 Å². The summed E-state index contributed by atoms with van der Waals surface area (Å²) in [6.07, 6.45) is 0.627. The molecule has 10 heteroatoms. The van der Waals surface area contributed by atoms with E-state index in [4.69, 9.17) is 14.2 Å². The van der Waals surface area contributed by atoms with Crippen LogP contribution in [0.2, 0.25) is 0 Å². The lowest BCUT2D eigenvalue weighted by molar-refractivity contribution is 0.0833. The molecule has 0 radical (unpaired) electrons. The van der Waals surface area contributed by atoms with Crippen molar-refractivity contribution in [3.05, 3.63) is 48.0 Å². The maximum atomic E-state index is 12.4. The maximum absolute atomic E-state index is 12.4. The van der Waals surface area contributed by atoms with Crippen LogP contribution in [0.5, 0.6) is 17.2 Å². The predicted molar refractivity (Wildman–Crippen MR) is 113 cm³/mol. The van der Waals surface area contributed by atoms with Gasteiger partial charge in [0.25, 0.3) is 5.91 Å². The highest BCUT2D eigenvalue weighted by Gasteiger charge is 2.28. The smallest absolute Gasteiger partial charge is 0.251 e. The van der Waals surface area contributed by atoms with Gasteiger partial charge in [0.05, 0.1) is 19.1 Å². The van der Waals surface area contributed by atoms with Crippen LogP contribution in [0.4, 0.5) is 0 Å². The number of carbonyl (C=O) groups is 1. The second-order valence-electron chi connectivity index (χ2n) is 7.09. The minimum atomic E-state index is -3.66. The van der Waals surface area contributed by atoms with Gasteiger partial charge in [-0.05, 0) is 43.2 Å². The molecule has 1 atom stereocenters. The van der Waals surface area contributed by atoms with Gasteiger partial charge in [0.1, 0.15) is 12.7 Å². The van der Waals surface area contributed by atoms with Gasteiger partial charge in [-0.3, -0.25) is 4.79 Å². The Kier molecular flexibility index (Phi) is 7.37. The fourth-order valence-corrected chi connectivity index (χ4v) is 4.15. The third-order valence-corrected chi connectivity index (χ3v) is 6.12. The summed E-state index contributed by atoms with van der Waals surface area (Å²) >= 11 is 0. The van der Waals surface area contributed by atoms with E-state index in [1.165, 1.54) is 38.5 Å². The van der Waals surface area contributed by atoms with Crippen LogP contribution in [0, 0.1) is 0 Å². The van der Waals surface area contributed by atoms with Crippen LogP contribution in [-0.2, 0) is 10.0 Å². The zero-order chi connectivity index (χ0) is 22.4. The molecule has 31 heavy (non-hydrogen) atoms. The standard InChI is InChI=1S/C21H26N2O7S/c1-28-18-7-4-8-19(29-2)20(18)30-13-16(24)12-22-21(25)14-5-3-6-17(11-14)31(26,27)23-15-9-10-15/h3-8,11,15-16,23-24H,9-10,12-13H2,1-2H3,(H,22,25). The summed E-state index contributed by atoms with van der Waals surface area (Å²) in [5.74, 6) is 0.748. The minimum absolute atomic E-state index is 0.0270. The summed E-state index contributed by atoms with van der Waals surface area (Å²) in [5, 5.41) is 12.8. The third kappa shape index (κ3) is 6.09. The Balaban J connectivity index is 1.56. The summed E-state index contributed by atoms with van der Waals surface area (Å²) < 4.78 is 43.3. The molecule has 1 unspecified atom stereocenters. The van der Waals surface area contributed by atoms with Gasteiger partial charge < -0.3 is 24.6 Å².